The number of hydrogen-bond donors (Lipinski definition) is 1. The lowest BCUT2D eigenvalue weighted by atomic mass is 10.3. The van der Waals surface area contributed by atoms with Crippen molar-refractivity contribution >= 4 is 44.0 Å². The molecule has 2 heterocycles. The topological polar surface area (TPSA) is 81.2 Å². The number of halogens is 1. The summed E-state index contributed by atoms with van der Waals surface area (Å²) in [5.41, 5.74) is 0.779. The number of ether oxygens (including phenoxy) is 1. The summed E-state index contributed by atoms with van der Waals surface area (Å²) in [6.45, 7) is 0.305. The van der Waals surface area contributed by atoms with Crippen LogP contribution in [-0.4, -0.2) is 31.8 Å². The first-order valence-corrected chi connectivity index (χ1v) is 10.7. The van der Waals surface area contributed by atoms with Crippen molar-refractivity contribution in [2.45, 2.75) is 4.90 Å². The third kappa shape index (κ3) is 4.97. The van der Waals surface area contributed by atoms with Gasteiger partial charge in [-0.3, -0.25) is 0 Å². The number of thiophene rings is 1. The maximum atomic E-state index is 12.1. The molecule has 0 aliphatic carbocycles. The number of hydrogen-bond acceptors (Lipinski definition) is 6. The van der Waals surface area contributed by atoms with Gasteiger partial charge < -0.3 is 4.74 Å². The molecule has 0 fully saturated rings. The molecule has 25 heavy (non-hydrogen) atoms. The molecule has 2 aromatic heterocycles. The molecule has 3 rings (SSSR count). The van der Waals surface area contributed by atoms with Crippen LogP contribution >= 0.6 is 33.9 Å². The molecule has 0 bridgehead atoms. The first-order valence-electron chi connectivity index (χ1n) is 7.30. The molecule has 0 aliphatic heterocycles. The molecule has 1 N–H and O–H groups in total. The highest BCUT2D eigenvalue weighted by atomic mass is 127. The van der Waals surface area contributed by atoms with Crippen molar-refractivity contribution in [3.63, 3.8) is 0 Å². The van der Waals surface area contributed by atoms with E-state index >= 15 is 0 Å². The summed E-state index contributed by atoms with van der Waals surface area (Å²) in [7, 11) is -3.54. The Bertz CT molecular complexity index is 912. The third-order valence-corrected chi connectivity index (χ3v) is 6.27. The summed E-state index contributed by atoms with van der Waals surface area (Å²) in [6.07, 6.45) is 0. The fraction of sp³-hybridized carbons (Fsp3) is 0.125. The predicted octanol–water partition coefficient (Wildman–Crippen LogP) is 3.17. The molecule has 0 aliphatic rings. The van der Waals surface area contributed by atoms with Crippen LogP contribution in [0.25, 0.3) is 10.6 Å². The zero-order chi connectivity index (χ0) is 17.7. The van der Waals surface area contributed by atoms with Crippen LogP contribution in [0.4, 0.5) is 0 Å². The molecule has 0 saturated carbocycles. The Kier molecular flexibility index (Phi) is 5.99. The average Bonchev–Trinajstić information content (AvgIpc) is 3.14. The summed E-state index contributed by atoms with van der Waals surface area (Å²) in [5.74, 6) is 0.355. The quantitative estimate of drug-likeness (QED) is 0.409. The van der Waals surface area contributed by atoms with E-state index in [0.29, 0.717) is 5.88 Å². The van der Waals surface area contributed by atoms with E-state index in [0.717, 1.165) is 14.1 Å². The van der Waals surface area contributed by atoms with Gasteiger partial charge in [-0.2, -0.15) is 0 Å². The number of nitrogens with zero attached hydrogens (tertiary/aromatic N) is 2. The van der Waals surface area contributed by atoms with Crippen LogP contribution in [-0.2, 0) is 10.0 Å². The van der Waals surface area contributed by atoms with Crippen molar-refractivity contribution in [2.75, 3.05) is 13.2 Å². The summed E-state index contributed by atoms with van der Waals surface area (Å²) >= 11 is 3.71. The molecule has 6 nitrogen and oxygen atoms in total. The first-order chi connectivity index (χ1) is 12.0. The van der Waals surface area contributed by atoms with Gasteiger partial charge in [0.2, 0.25) is 15.9 Å². The average molecular weight is 487 g/mol. The van der Waals surface area contributed by atoms with Gasteiger partial charge in [0.25, 0.3) is 0 Å². The lowest BCUT2D eigenvalue weighted by Crippen LogP contribution is -2.28. The van der Waals surface area contributed by atoms with Crippen LogP contribution in [0.15, 0.2) is 58.8 Å². The molecule has 130 valence electrons. The molecule has 0 atom stereocenters. The highest BCUT2D eigenvalue weighted by molar-refractivity contribution is 14.1. The van der Waals surface area contributed by atoms with Crippen molar-refractivity contribution in [2.24, 2.45) is 0 Å². The summed E-state index contributed by atoms with van der Waals surface area (Å²) in [5, 5.41) is 10.1. The summed E-state index contributed by atoms with van der Waals surface area (Å²) in [6, 6.07) is 14.1. The molecule has 3 aromatic rings. The minimum Gasteiger partial charge on any atom is -0.475 e. The highest BCUT2D eigenvalue weighted by Gasteiger charge is 2.13. The molecule has 0 unspecified atom stereocenters. The normalized spacial score (nSPS) is 11.4. The number of benzene rings is 1. The smallest absolute Gasteiger partial charge is 0.240 e. The second-order valence-corrected chi connectivity index (χ2v) is 8.89. The Hall–Kier alpha value is -1.56. The van der Waals surface area contributed by atoms with E-state index in [9.17, 15) is 8.42 Å². The summed E-state index contributed by atoms with van der Waals surface area (Å²) < 4.78 is 33.2. The second-order valence-electron chi connectivity index (χ2n) is 4.93. The zero-order valence-corrected chi connectivity index (χ0v) is 16.7. The fourth-order valence-corrected chi connectivity index (χ4v) is 4.04. The van der Waals surface area contributed by atoms with Gasteiger partial charge in [0.1, 0.15) is 12.3 Å². The highest BCUT2D eigenvalue weighted by Crippen LogP contribution is 2.22. The summed E-state index contributed by atoms with van der Waals surface area (Å²) in [4.78, 5) is 1.26. The monoisotopic (exact) mass is 487 g/mol. The van der Waals surface area contributed by atoms with Gasteiger partial charge >= 0.3 is 0 Å². The van der Waals surface area contributed by atoms with Crippen LogP contribution in [0, 0.1) is 3.57 Å². The van der Waals surface area contributed by atoms with Gasteiger partial charge in [0.15, 0.2) is 0 Å². The van der Waals surface area contributed by atoms with Crippen LogP contribution in [0.2, 0.25) is 0 Å². The van der Waals surface area contributed by atoms with Gasteiger partial charge in [0, 0.05) is 16.2 Å². The molecule has 9 heteroatoms. The SMILES string of the molecule is O=S(=O)(NCCOc1ccc(-c2cccs2)nn1)c1ccc(I)cc1. The molecule has 0 amide bonds. The largest absolute Gasteiger partial charge is 0.475 e. The van der Waals surface area contributed by atoms with Crippen molar-refractivity contribution in [1.29, 1.82) is 0 Å². The van der Waals surface area contributed by atoms with Gasteiger partial charge in [0.05, 0.1) is 9.77 Å². The molecular weight excluding hydrogens is 473 g/mol. The Morgan fingerprint density at radius 3 is 2.52 bits per heavy atom. The van der Waals surface area contributed by atoms with E-state index in [1.807, 2.05) is 23.6 Å². The van der Waals surface area contributed by atoms with Crippen LogP contribution in [0.1, 0.15) is 0 Å². The Labute approximate surface area is 163 Å². The van der Waals surface area contributed by atoms with E-state index in [1.54, 1.807) is 41.7 Å². The van der Waals surface area contributed by atoms with Crippen LogP contribution < -0.4 is 9.46 Å². The van der Waals surface area contributed by atoms with Crippen molar-refractivity contribution in [3.05, 3.63) is 57.5 Å². The molecule has 0 radical (unpaired) electrons. The Balaban J connectivity index is 1.50. The number of nitrogens with one attached hydrogen (secondary N) is 1. The van der Waals surface area contributed by atoms with E-state index in [2.05, 4.69) is 37.5 Å². The van der Waals surface area contributed by atoms with E-state index < -0.39 is 10.0 Å². The van der Waals surface area contributed by atoms with Crippen LogP contribution in [0.3, 0.4) is 0 Å². The van der Waals surface area contributed by atoms with E-state index in [4.69, 9.17) is 4.74 Å². The van der Waals surface area contributed by atoms with Gasteiger partial charge in [-0.05, 0) is 64.4 Å². The number of sulfonamides is 1. The standard InChI is InChI=1S/C16H14IN3O3S2/c17-12-3-5-13(6-4-12)25(21,22)18-9-10-23-16-8-7-14(19-20-16)15-2-1-11-24-15/h1-8,11,18H,9-10H2. The van der Waals surface area contributed by atoms with Gasteiger partial charge in [-0.1, -0.05) is 6.07 Å². The molecule has 0 saturated heterocycles. The first kappa shape index (κ1) is 18.2. The number of rotatable bonds is 7. The molecule has 0 spiro atoms. The Morgan fingerprint density at radius 2 is 1.88 bits per heavy atom. The predicted molar refractivity (Wildman–Crippen MR) is 105 cm³/mol. The van der Waals surface area contributed by atoms with Gasteiger partial charge in [-0.15, -0.1) is 21.5 Å². The minimum atomic E-state index is -3.54. The van der Waals surface area contributed by atoms with E-state index in [-0.39, 0.29) is 18.0 Å². The third-order valence-electron chi connectivity index (χ3n) is 3.18. The van der Waals surface area contributed by atoms with Gasteiger partial charge in [-0.25, -0.2) is 13.1 Å². The molecular formula is C16H14IN3O3S2. The lowest BCUT2D eigenvalue weighted by Gasteiger charge is -2.08. The maximum Gasteiger partial charge on any atom is 0.240 e. The van der Waals surface area contributed by atoms with E-state index in [1.165, 1.54) is 0 Å². The second kappa shape index (κ2) is 8.21. The van der Waals surface area contributed by atoms with Crippen molar-refractivity contribution in [3.8, 4) is 16.5 Å². The number of aromatic nitrogens is 2. The Morgan fingerprint density at radius 1 is 1.08 bits per heavy atom. The fourth-order valence-electron chi connectivity index (χ4n) is 1.98. The van der Waals surface area contributed by atoms with Crippen molar-refractivity contribution in [1.82, 2.24) is 14.9 Å². The van der Waals surface area contributed by atoms with Crippen LogP contribution in [0.5, 0.6) is 5.88 Å². The zero-order valence-electron chi connectivity index (χ0n) is 12.9. The lowest BCUT2D eigenvalue weighted by molar-refractivity contribution is 0.307. The van der Waals surface area contributed by atoms with Crippen molar-refractivity contribution < 1.29 is 13.2 Å². The maximum absolute atomic E-state index is 12.1. The molecule has 1 aromatic carbocycles. The minimum absolute atomic E-state index is 0.142.